The first-order valence-electron chi connectivity index (χ1n) is 5.85. The Morgan fingerprint density at radius 2 is 1.90 bits per heavy atom. The lowest BCUT2D eigenvalue weighted by Gasteiger charge is -2.09. The molecule has 1 aromatic rings. The molecule has 0 heterocycles. The summed E-state index contributed by atoms with van der Waals surface area (Å²) in [5.41, 5.74) is -0.561. The zero-order valence-corrected chi connectivity index (χ0v) is 12.5. The molecule has 0 aromatic heterocycles. The molecule has 0 saturated heterocycles. The van der Waals surface area contributed by atoms with E-state index in [1.165, 1.54) is 0 Å². The summed E-state index contributed by atoms with van der Waals surface area (Å²) in [6.07, 6.45) is 0.676. The predicted molar refractivity (Wildman–Crippen MR) is 71.2 cm³/mol. The minimum absolute atomic E-state index is 0.302. The number of benzene rings is 1. The Bertz CT molecular complexity index is 617. The molecule has 20 heavy (non-hydrogen) atoms. The Labute approximate surface area is 120 Å². The molecule has 0 aliphatic rings. The Morgan fingerprint density at radius 3 is 2.40 bits per heavy atom. The van der Waals surface area contributed by atoms with Crippen LogP contribution in [0.1, 0.15) is 30.6 Å². The molecule has 0 atom stereocenters. The molecule has 0 spiro atoms. The Balaban J connectivity index is 3.04. The number of halogens is 3. The Hall–Kier alpha value is -1.21. The van der Waals surface area contributed by atoms with E-state index in [9.17, 15) is 22.0 Å². The lowest BCUT2D eigenvalue weighted by molar-refractivity contribution is 0.0947. The maximum atomic E-state index is 13.5. The van der Waals surface area contributed by atoms with Crippen molar-refractivity contribution >= 4 is 25.6 Å². The second kappa shape index (κ2) is 6.49. The standard InChI is InChI=1S/C12H14ClF2NO3S/c1-7(2)3-4-16-12(17)8-5-11(20(13,18)19)10(15)6-9(8)14/h5-7H,3-4H2,1-2H3,(H,16,17). The smallest absolute Gasteiger partial charge is 0.264 e. The minimum atomic E-state index is -4.39. The zero-order valence-electron chi connectivity index (χ0n) is 10.9. The van der Waals surface area contributed by atoms with Crippen molar-refractivity contribution < 1.29 is 22.0 Å². The van der Waals surface area contributed by atoms with Gasteiger partial charge in [0.15, 0.2) is 0 Å². The number of rotatable bonds is 5. The Morgan fingerprint density at radius 1 is 1.30 bits per heavy atom. The van der Waals surface area contributed by atoms with E-state index in [0.29, 0.717) is 31.0 Å². The summed E-state index contributed by atoms with van der Waals surface area (Å²) in [5.74, 6) is -2.96. The molecular weight excluding hydrogens is 312 g/mol. The molecule has 0 bridgehead atoms. The van der Waals surface area contributed by atoms with Gasteiger partial charge in [0, 0.05) is 23.3 Å². The lowest BCUT2D eigenvalue weighted by atomic mass is 10.1. The molecule has 1 N–H and O–H groups in total. The second-order valence-corrected chi connectivity index (χ2v) is 7.17. The van der Waals surface area contributed by atoms with Crippen LogP contribution in [0.15, 0.2) is 17.0 Å². The molecule has 8 heteroatoms. The first-order valence-corrected chi connectivity index (χ1v) is 8.15. The monoisotopic (exact) mass is 325 g/mol. The van der Waals surface area contributed by atoms with E-state index in [2.05, 4.69) is 5.32 Å². The third-order valence-corrected chi connectivity index (χ3v) is 3.87. The van der Waals surface area contributed by atoms with Crippen LogP contribution < -0.4 is 5.32 Å². The number of hydrogen-bond donors (Lipinski definition) is 1. The van der Waals surface area contributed by atoms with Crippen molar-refractivity contribution in [2.24, 2.45) is 5.92 Å². The van der Waals surface area contributed by atoms with Crippen LogP contribution in [-0.2, 0) is 9.05 Å². The second-order valence-electron chi connectivity index (χ2n) is 4.64. The van der Waals surface area contributed by atoms with E-state index in [4.69, 9.17) is 10.7 Å². The third kappa shape index (κ3) is 4.42. The van der Waals surface area contributed by atoms with E-state index in [1.807, 2.05) is 13.8 Å². The lowest BCUT2D eigenvalue weighted by Crippen LogP contribution is -2.26. The van der Waals surface area contributed by atoms with Gasteiger partial charge in [0.25, 0.3) is 15.0 Å². The maximum Gasteiger partial charge on any atom is 0.264 e. The number of nitrogens with one attached hydrogen (secondary N) is 1. The average Bonchev–Trinajstić information content (AvgIpc) is 2.26. The maximum absolute atomic E-state index is 13.5. The van der Waals surface area contributed by atoms with Crippen molar-refractivity contribution in [2.75, 3.05) is 6.54 Å². The van der Waals surface area contributed by atoms with Crippen molar-refractivity contribution in [3.63, 3.8) is 0 Å². The summed E-state index contributed by atoms with van der Waals surface area (Å²) in [4.78, 5) is 10.8. The zero-order chi connectivity index (χ0) is 15.5. The normalized spacial score (nSPS) is 11.7. The van der Waals surface area contributed by atoms with Gasteiger partial charge >= 0.3 is 0 Å². The molecule has 1 amide bonds. The molecule has 0 unspecified atom stereocenters. The predicted octanol–water partition coefficient (Wildman–Crippen LogP) is 2.67. The molecule has 0 aliphatic carbocycles. The third-order valence-electron chi connectivity index (χ3n) is 2.54. The van der Waals surface area contributed by atoms with Gasteiger partial charge in [0.05, 0.1) is 5.56 Å². The van der Waals surface area contributed by atoms with Crippen LogP contribution in [0.2, 0.25) is 0 Å². The van der Waals surface area contributed by atoms with Gasteiger partial charge in [-0.25, -0.2) is 17.2 Å². The number of carbonyl (C=O) groups excluding carboxylic acids is 1. The van der Waals surface area contributed by atoms with Crippen LogP contribution >= 0.6 is 10.7 Å². The molecule has 1 aromatic carbocycles. The van der Waals surface area contributed by atoms with Gasteiger partial charge in [-0.1, -0.05) is 13.8 Å². The van der Waals surface area contributed by atoms with Gasteiger partial charge in [0.2, 0.25) is 0 Å². The van der Waals surface area contributed by atoms with Gasteiger partial charge in [-0.05, 0) is 18.4 Å². The van der Waals surface area contributed by atoms with Crippen molar-refractivity contribution in [3.8, 4) is 0 Å². The summed E-state index contributed by atoms with van der Waals surface area (Å²) in [7, 11) is 0.627. The van der Waals surface area contributed by atoms with Crippen LogP contribution in [0.4, 0.5) is 8.78 Å². The molecule has 0 fully saturated rings. The topological polar surface area (TPSA) is 63.2 Å². The molecule has 4 nitrogen and oxygen atoms in total. The number of carbonyl (C=O) groups is 1. The molecule has 112 valence electrons. The van der Waals surface area contributed by atoms with Crippen molar-refractivity contribution in [2.45, 2.75) is 25.2 Å². The van der Waals surface area contributed by atoms with Crippen LogP contribution in [0.3, 0.4) is 0 Å². The highest BCUT2D eigenvalue weighted by Crippen LogP contribution is 2.22. The highest BCUT2D eigenvalue weighted by atomic mass is 35.7. The quantitative estimate of drug-likeness (QED) is 0.847. The first kappa shape index (κ1) is 16.8. The van der Waals surface area contributed by atoms with E-state index < -0.39 is 37.1 Å². The fraction of sp³-hybridized carbons (Fsp3) is 0.417. The van der Waals surface area contributed by atoms with Crippen LogP contribution in [0.5, 0.6) is 0 Å². The molecule has 1 rings (SSSR count). The van der Waals surface area contributed by atoms with Crippen LogP contribution in [0.25, 0.3) is 0 Å². The van der Waals surface area contributed by atoms with Gasteiger partial charge < -0.3 is 5.32 Å². The van der Waals surface area contributed by atoms with Crippen molar-refractivity contribution in [1.82, 2.24) is 5.32 Å². The largest absolute Gasteiger partial charge is 0.352 e. The summed E-state index contributed by atoms with van der Waals surface area (Å²) < 4.78 is 49.1. The fourth-order valence-electron chi connectivity index (χ4n) is 1.46. The van der Waals surface area contributed by atoms with Crippen molar-refractivity contribution in [3.05, 3.63) is 29.3 Å². The number of hydrogen-bond acceptors (Lipinski definition) is 3. The fourth-order valence-corrected chi connectivity index (χ4v) is 2.36. The SMILES string of the molecule is CC(C)CCNC(=O)c1cc(S(=O)(=O)Cl)c(F)cc1F. The highest BCUT2D eigenvalue weighted by Gasteiger charge is 2.22. The van der Waals surface area contributed by atoms with Gasteiger partial charge in [-0.2, -0.15) is 0 Å². The molecular formula is C12H14ClF2NO3S. The highest BCUT2D eigenvalue weighted by molar-refractivity contribution is 8.13. The molecule has 0 radical (unpaired) electrons. The van der Waals surface area contributed by atoms with E-state index in [1.54, 1.807) is 0 Å². The van der Waals surface area contributed by atoms with Gasteiger partial charge in [-0.15, -0.1) is 0 Å². The first-order chi connectivity index (χ1) is 9.12. The van der Waals surface area contributed by atoms with Gasteiger partial charge in [0.1, 0.15) is 16.5 Å². The summed E-state index contributed by atoms with van der Waals surface area (Å²) in [6.45, 7) is 4.20. The van der Waals surface area contributed by atoms with E-state index >= 15 is 0 Å². The number of amides is 1. The minimum Gasteiger partial charge on any atom is -0.352 e. The summed E-state index contributed by atoms with van der Waals surface area (Å²) in [6, 6.07) is 0.921. The Kier molecular flexibility index (Phi) is 5.47. The van der Waals surface area contributed by atoms with Crippen LogP contribution in [0, 0.1) is 17.6 Å². The average molecular weight is 326 g/mol. The molecule has 0 saturated carbocycles. The summed E-state index contributed by atoms with van der Waals surface area (Å²) >= 11 is 0. The van der Waals surface area contributed by atoms with E-state index in [-0.39, 0.29) is 0 Å². The summed E-state index contributed by atoms with van der Waals surface area (Å²) in [5, 5.41) is 2.43. The van der Waals surface area contributed by atoms with Crippen molar-refractivity contribution in [1.29, 1.82) is 0 Å². The molecule has 0 aliphatic heterocycles. The van der Waals surface area contributed by atoms with E-state index in [0.717, 1.165) is 0 Å². The van der Waals surface area contributed by atoms with Gasteiger partial charge in [-0.3, -0.25) is 4.79 Å². The van der Waals surface area contributed by atoms with Crippen LogP contribution in [-0.4, -0.2) is 20.9 Å².